The highest BCUT2D eigenvalue weighted by molar-refractivity contribution is 7.79. The number of nitrogens with zero attached hydrogens (tertiary/aromatic N) is 1. The Morgan fingerprint density at radius 3 is 1.89 bits per heavy atom. The first-order valence-corrected chi connectivity index (χ1v) is 6.66. The molecule has 0 spiro atoms. The lowest BCUT2D eigenvalue weighted by molar-refractivity contribution is -0.870. The van der Waals surface area contributed by atoms with E-state index >= 15 is 0 Å². The number of hydrogen-bond acceptors (Lipinski definition) is 3. The van der Waals surface area contributed by atoms with Crippen molar-refractivity contribution in [2.75, 3.05) is 34.2 Å². The standard InChI is InChI=1S/C10H20N2O.ClH.H2O4S/c1-9(2)10(13)11-7-6-8-12(3,4)5;;1-5(2,3)4/h1,6-8H2,2-5H3;1H;(H2,1,2,3,4). The number of carbonyl (C=O) groups is 1. The van der Waals surface area contributed by atoms with Crippen LogP contribution in [0.5, 0.6) is 0 Å². The zero-order chi connectivity index (χ0) is 15.0. The highest BCUT2D eigenvalue weighted by Crippen LogP contribution is 1.92. The molecule has 0 fully saturated rings. The second-order valence-electron chi connectivity index (χ2n) is 4.85. The Bertz CT molecular complexity index is 368. The minimum atomic E-state index is -4.67. The minimum Gasteiger partial charge on any atom is -1.00 e. The summed E-state index contributed by atoms with van der Waals surface area (Å²) in [6.45, 7) is 7.09. The summed E-state index contributed by atoms with van der Waals surface area (Å²) >= 11 is 0. The van der Waals surface area contributed by atoms with E-state index in [9.17, 15) is 4.79 Å². The van der Waals surface area contributed by atoms with Gasteiger partial charge in [0.2, 0.25) is 5.91 Å². The van der Waals surface area contributed by atoms with Gasteiger partial charge in [0.25, 0.3) is 0 Å². The third-order valence-corrected chi connectivity index (χ3v) is 1.68. The van der Waals surface area contributed by atoms with Crippen molar-refractivity contribution in [1.82, 2.24) is 5.32 Å². The SMILES string of the molecule is C=C(C)C(=O)NCCC[N+](C)(C)C.O=S(=O)(O)O.[Cl-]. The van der Waals surface area contributed by atoms with Crippen LogP contribution in [0.4, 0.5) is 0 Å². The molecule has 0 aliphatic rings. The molecule has 0 saturated carbocycles. The molecular formula is C10H23ClN2O5S. The van der Waals surface area contributed by atoms with E-state index in [-0.39, 0.29) is 18.3 Å². The smallest absolute Gasteiger partial charge is 0.394 e. The Balaban J connectivity index is -0.000000366. The molecule has 1 amide bonds. The number of carbonyl (C=O) groups excluding carboxylic acids is 1. The van der Waals surface area contributed by atoms with Gasteiger partial charge in [0.05, 0.1) is 27.7 Å². The van der Waals surface area contributed by atoms with Crippen molar-refractivity contribution in [1.29, 1.82) is 0 Å². The highest BCUT2D eigenvalue weighted by Gasteiger charge is 2.06. The van der Waals surface area contributed by atoms with Crippen molar-refractivity contribution in [3.05, 3.63) is 12.2 Å². The van der Waals surface area contributed by atoms with Crippen molar-refractivity contribution in [2.24, 2.45) is 0 Å². The Labute approximate surface area is 121 Å². The molecule has 116 valence electrons. The lowest BCUT2D eigenvalue weighted by atomic mass is 10.3. The van der Waals surface area contributed by atoms with Gasteiger partial charge in [-0.25, -0.2) is 0 Å². The van der Waals surface area contributed by atoms with E-state index in [1.54, 1.807) is 6.92 Å². The fraction of sp³-hybridized carbons (Fsp3) is 0.700. The van der Waals surface area contributed by atoms with Gasteiger partial charge >= 0.3 is 10.4 Å². The first-order valence-electron chi connectivity index (χ1n) is 5.27. The summed E-state index contributed by atoms with van der Waals surface area (Å²) in [5.41, 5.74) is 0.574. The Kier molecular flexibility index (Phi) is 12.5. The van der Waals surface area contributed by atoms with Gasteiger partial charge in [-0.05, 0) is 6.92 Å². The van der Waals surface area contributed by atoms with E-state index in [0.29, 0.717) is 5.57 Å². The van der Waals surface area contributed by atoms with Crippen LogP contribution in [0.15, 0.2) is 12.2 Å². The molecule has 0 unspecified atom stereocenters. The predicted molar refractivity (Wildman–Crippen MR) is 69.5 cm³/mol. The van der Waals surface area contributed by atoms with Gasteiger partial charge in [-0.1, -0.05) is 6.58 Å². The summed E-state index contributed by atoms with van der Waals surface area (Å²) < 4.78 is 32.5. The van der Waals surface area contributed by atoms with Crippen LogP contribution in [0.3, 0.4) is 0 Å². The molecule has 0 rings (SSSR count). The lowest BCUT2D eigenvalue weighted by Gasteiger charge is -2.23. The van der Waals surface area contributed by atoms with Crippen LogP contribution in [0.1, 0.15) is 13.3 Å². The molecule has 9 heteroatoms. The summed E-state index contributed by atoms with van der Waals surface area (Å²) in [5.74, 6) is -0.0404. The zero-order valence-electron chi connectivity index (χ0n) is 11.7. The summed E-state index contributed by atoms with van der Waals surface area (Å²) in [6, 6.07) is 0. The lowest BCUT2D eigenvalue weighted by Crippen LogP contribution is -3.00. The normalized spacial score (nSPS) is 10.6. The number of halogens is 1. The minimum absolute atomic E-state index is 0. The molecule has 0 atom stereocenters. The average Bonchev–Trinajstić information content (AvgIpc) is 2.07. The van der Waals surface area contributed by atoms with Crippen LogP contribution >= 0.6 is 0 Å². The number of rotatable bonds is 5. The van der Waals surface area contributed by atoms with E-state index in [1.807, 2.05) is 0 Å². The van der Waals surface area contributed by atoms with Crippen molar-refractivity contribution in [3.8, 4) is 0 Å². The van der Waals surface area contributed by atoms with Crippen LogP contribution in [0.25, 0.3) is 0 Å². The van der Waals surface area contributed by atoms with Crippen LogP contribution < -0.4 is 17.7 Å². The third kappa shape index (κ3) is 31.7. The van der Waals surface area contributed by atoms with Gasteiger partial charge in [0.15, 0.2) is 0 Å². The number of quaternary nitrogens is 1. The summed E-state index contributed by atoms with van der Waals surface area (Å²) in [6.07, 6.45) is 1.00. The van der Waals surface area contributed by atoms with Gasteiger partial charge in [0, 0.05) is 18.5 Å². The van der Waals surface area contributed by atoms with E-state index in [1.165, 1.54) is 0 Å². The van der Waals surface area contributed by atoms with Crippen LogP contribution in [-0.4, -0.2) is 62.1 Å². The molecule has 0 aromatic heterocycles. The topological polar surface area (TPSA) is 104 Å². The molecule has 0 bridgehead atoms. The maximum atomic E-state index is 11.1. The van der Waals surface area contributed by atoms with E-state index in [2.05, 4.69) is 33.0 Å². The van der Waals surface area contributed by atoms with Gasteiger partial charge in [-0.3, -0.25) is 13.9 Å². The number of amides is 1. The molecule has 0 aromatic rings. The van der Waals surface area contributed by atoms with E-state index < -0.39 is 10.4 Å². The fourth-order valence-corrected chi connectivity index (χ4v) is 0.906. The number of hydrogen-bond donors (Lipinski definition) is 3. The summed E-state index contributed by atoms with van der Waals surface area (Å²) in [4.78, 5) is 11.1. The van der Waals surface area contributed by atoms with Crippen LogP contribution in [0, 0.1) is 0 Å². The van der Waals surface area contributed by atoms with Crippen molar-refractivity contribution >= 4 is 16.3 Å². The van der Waals surface area contributed by atoms with E-state index in [4.69, 9.17) is 17.5 Å². The first-order chi connectivity index (χ1) is 7.83. The van der Waals surface area contributed by atoms with Gasteiger partial charge in [-0.15, -0.1) is 0 Å². The van der Waals surface area contributed by atoms with Crippen LogP contribution in [-0.2, 0) is 15.2 Å². The number of nitrogens with one attached hydrogen (secondary N) is 1. The predicted octanol–water partition coefficient (Wildman–Crippen LogP) is -2.87. The molecule has 0 aliphatic heterocycles. The average molecular weight is 319 g/mol. The van der Waals surface area contributed by atoms with Crippen LogP contribution in [0.2, 0.25) is 0 Å². The van der Waals surface area contributed by atoms with Crippen molar-refractivity contribution < 1.29 is 39.2 Å². The fourth-order valence-electron chi connectivity index (χ4n) is 0.906. The van der Waals surface area contributed by atoms with E-state index in [0.717, 1.165) is 24.0 Å². The highest BCUT2D eigenvalue weighted by atomic mass is 35.5. The molecule has 0 saturated heterocycles. The Hall–Kier alpha value is -0.670. The molecule has 7 nitrogen and oxygen atoms in total. The molecule has 0 radical (unpaired) electrons. The third-order valence-electron chi connectivity index (χ3n) is 1.68. The van der Waals surface area contributed by atoms with Gasteiger partial charge < -0.3 is 22.2 Å². The quantitative estimate of drug-likeness (QED) is 0.219. The second-order valence-corrected chi connectivity index (χ2v) is 5.75. The largest absolute Gasteiger partial charge is 1.00 e. The maximum absolute atomic E-state index is 11.1. The summed E-state index contributed by atoms with van der Waals surface area (Å²) in [5, 5.41) is 2.81. The molecular weight excluding hydrogens is 296 g/mol. The first kappa shape index (κ1) is 23.4. The van der Waals surface area contributed by atoms with Gasteiger partial charge in [0.1, 0.15) is 0 Å². The second kappa shape index (κ2) is 10.2. The molecule has 0 heterocycles. The van der Waals surface area contributed by atoms with Crippen molar-refractivity contribution in [2.45, 2.75) is 13.3 Å². The monoisotopic (exact) mass is 318 g/mol. The molecule has 3 N–H and O–H groups in total. The molecule has 19 heavy (non-hydrogen) atoms. The van der Waals surface area contributed by atoms with Crippen molar-refractivity contribution in [3.63, 3.8) is 0 Å². The maximum Gasteiger partial charge on any atom is 0.394 e. The zero-order valence-corrected chi connectivity index (χ0v) is 13.3. The Morgan fingerprint density at radius 2 is 1.63 bits per heavy atom. The van der Waals surface area contributed by atoms with Gasteiger partial charge in [-0.2, -0.15) is 8.42 Å². The Morgan fingerprint density at radius 1 is 1.26 bits per heavy atom. The summed E-state index contributed by atoms with van der Waals surface area (Å²) in [7, 11) is 1.75. The molecule has 0 aliphatic carbocycles. The molecule has 0 aromatic carbocycles.